The van der Waals surface area contributed by atoms with Crippen molar-refractivity contribution in [3.05, 3.63) is 0 Å². The third-order valence-corrected chi connectivity index (χ3v) is 5.36. The van der Waals surface area contributed by atoms with Crippen LogP contribution in [-0.4, -0.2) is 11.6 Å². The van der Waals surface area contributed by atoms with Gasteiger partial charge in [-0.05, 0) is 24.7 Å². The highest BCUT2D eigenvalue weighted by atomic mass is 16.1. The molecular formula is C20H36O2. The zero-order valence-corrected chi connectivity index (χ0v) is 14.9. The molecule has 1 rings (SSSR count). The second-order valence-electron chi connectivity index (χ2n) is 7.15. The lowest BCUT2D eigenvalue weighted by atomic mass is 9.80. The highest BCUT2D eigenvalue weighted by molar-refractivity contribution is 5.80. The van der Waals surface area contributed by atoms with Crippen LogP contribution in [0.2, 0.25) is 0 Å². The summed E-state index contributed by atoms with van der Waals surface area (Å²) in [6.07, 6.45) is 14.6. The van der Waals surface area contributed by atoms with Crippen molar-refractivity contribution < 1.29 is 9.59 Å². The van der Waals surface area contributed by atoms with Crippen LogP contribution in [0.25, 0.3) is 0 Å². The summed E-state index contributed by atoms with van der Waals surface area (Å²) >= 11 is 0. The Hall–Kier alpha value is -0.660. The van der Waals surface area contributed by atoms with Crippen LogP contribution in [0, 0.1) is 11.8 Å². The third kappa shape index (κ3) is 8.10. The van der Waals surface area contributed by atoms with Gasteiger partial charge in [0.25, 0.3) is 0 Å². The molecular weight excluding hydrogens is 272 g/mol. The van der Waals surface area contributed by atoms with Crippen molar-refractivity contribution in [3.63, 3.8) is 0 Å². The van der Waals surface area contributed by atoms with Gasteiger partial charge in [-0.3, -0.25) is 9.59 Å². The van der Waals surface area contributed by atoms with Gasteiger partial charge in [-0.2, -0.15) is 0 Å². The van der Waals surface area contributed by atoms with Gasteiger partial charge >= 0.3 is 0 Å². The molecule has 0 heterocycles. The maximum absolute atomic E-state index is 12.2. The average Bonchev–Trinajstić information content (AvgIpc) is 2.51. The molecule has 2 atom stereocenters. The smallest absolute Gasteiger partial charge is 0.133 e. The molecule has 1 fully saturated rings. The van der Waals surface area contributed by atoms with Crippen molar-refractivity contribution in [2.45, 2.75) is 104 Å². The molecule has 0 spiro atoms. The van der Waals surface area contributed by atoms with Gasteiger partial charge in [0, 0.05) is 25.7 Å². The maximum Gasteiger partial charge on any atom is 0.133 e. The lowest BCUT2D eigenvalue weighted by Crippen LogP contribution is -2.20. The van der Waals surface area contributed by atoms with E-state index in [1.165, 1.54) is 38.5 Å². The van der Waals surface area contributed by atoms with E-state index in [0.717, 1.165) is 38.5 Å². The Morgan fingerprint density at radius 3 is 1.27 bits per heavy atom. The van der Waals surface area contributed by atoms with Gasteiger partial charge in [0.15, 0.2) is 0 Å². The number of ketones is 2. The summed E-state index contributed by atoms with van der Waals surface area (Å²) in [6, 6.07) is 0. The first-order chi connectivity index (χ1) is 10.7. The van der Waals surface area contributed by atoms with E-state index < -0.39 is 0 Å². The molecule has 0 radical (unpaired) electrons. The summed E-state index contributed by atoms with van der Waals surface area (Å²) in [6.45, 7) is 4.34. The van der Waals surface area contributed by atoms with Crippen molar-refractivity contribution in [1.29, 1.82) is 0 Å². The van der Waals surface area contributed by atoms with E-state index in [4.69, 9.17) is 0 Å². The van der Waals surface area contributed by atoms with Crippen LogP contribution in [0.3, 0.4) is 0 Å². The van der Waals surface area contributed by atoms with Crippen LogP contribution in [0.15, 0.2) is 0 Å². The molecule has 1 aliphatic rings. The maximum atomic E-state index is 12.2. The van der Waals surface area contributed by atoms with E-state index in [0.29, 0.717) is 36.2 Å². The van der Waals surface area contributed by atoms with Gasteiger partial charge in [-0.15, -0.1) is 0 Å². The van der Waals surface area contributed by atoms with Crippen LogP contribution in [0.4, 0.5) is 0 Å². The summed E-state index contributed by atoms with van der Waals surface area (Å²) < 4.78 is 0. The molecule has 0 aromatic carbocycles. The summed E-state index contributed by atoms with van der Waals surface area (Å²) in [7, 11) is 0. The van der Waals surface area contributed by atoms with E-state index in [9.17, 15) is 9.59 Å². The summed E-state index contributed by atoms with van der Waals surface area (Å²) in [5, 5.41) is 0. The van der Waals surface area contributed by atoms with E-state index in [2.05, 4.69) is 13.8 Å². The van der Waals surface area contributed by atoms with Crippen LogP contribution < -0.4 is 0 Å². The fourth-order valence-corrected chi connectivity index (χ4v) is 3.78. The highest BCUT2D eigenvalue weighted by Crippen LogP contribution is 2.28. The fourth-order valence-electron chi connectivity index (χ4n) is 3.78. The fraction of sp³-hybridized carbons (Fsp3) is 0.900. The monoisotopic (exact) mass is 308 g/mol. The van der Waals surface area contributed by atoms with Crippen LogP contribution >= 0.6 is 0 Å². The van der Waals surface area contributed by atoms with Crippen LogP contribution in [0.1, 0.15) is 104 Å². The summed E-state index contributed by atoms with van der Waals surface area (Å²) in [4.78, 5) is 24.4. The Bertz CT molecular complexity index is 290. The number of hydrogen-bond acceptors (Lipinski definition) is 2. The molecule has 0 amide bonds. The zero-order chi connectivity index (χ0) is 16.2. The van der Waals surface area contributed by atoms with Crippen LogP contribution in [-0.2, 0) is 9.59 Å². The van der Waals surface area contributed by atoms with E-state index in [1.807, 2.05) is 0 Å². The predicted octanol–water partition coefficient (Wildman–Crippen LogP) is 5.87. The quantitative estimate of drug-likeness (QED) is 0.639. The first kappa shape index (κ1) is 19.4. The lowest BCUT2D eigenvalue weighted by Gasteiger charge is -2.24. The number of Topliss-reactive ketones (excluding diaryl/α,β-unsaturated/α-hetero) is 2. The average molecular weight is 309 g/mol. The highest BCUT2D eigenvalue weighted by Gasteiger charge is 2.23. The molecule has 1 aliphatic carbocycles. The molecule has 0 aliphatic heterocycles. The molecule has 128 valence electrons. The third-order valence-electron chi connectivity index (χ3n) is 5.36. The van der Waals surface area contributed by atoms with Crippen LogP contribution in [0.5, 0.6) is 0 Å². The summed E-state index contributed by atoms with van der Waals surface area (Å²) in [5.74, 6) is 1.67. The molecule has 0 bridgehead atoms. The normalized spacial score (nSPS) is 27.7. The Morgan fingerprint density at radius 2 is 0.955 bits per heavy atom. The van der Waals surface area contributed by atoms with Gasteiger partial charge in [-0.25, -0.2) is 0 Å². The number of carbonyl (C=O) groups is 2. The molecule has 1 saturated carbocycles. The minimum Gasteiger partial charge on any atom is -0.300 e. The molecule has 0 aromatic rings. The minimum atomic E-state index is 0.411. The topological polar surface area (TPSA) is 34.1 Å². The Labute approximate surface area is 137 Å². The number of hydrogen-bond donors (Lipinski definition) is 0. The van der Waals surface area contributed by atoms with E-state index in [-0.39, 0.29) is 0 Å². The van der Waals surface area contributed by atoms with Gasteiger partial charge in [-0.1, -0.05) is 65.2 Å². The summed E-state index contributed by atoms with van der Waals surface area (Å²) in [5.41, 5.74) is 0. The van der Waals surface area contributed by atoms with Gasteiger partial charge in [0.1, 0.15) is 11.6 Å². The van der Waals surface area contributed by atoms with Crippen molar-refractivity contribution in [1.82, 2.24) is 0 Å². The Morgan fingerprint density at radius 1 is 0.636 bits per heavy atom. The largest absolute Gasteiger partial charge is 0.300 e. The molecule has 2 nitrogen and oxygen atoms in total. The Kier molecular flexibility index (Phi) is 10.4. The van der Waals surface area contributed by atoms with Crippen molar-refractivity contribution in [2.24, 2.45) is 11.8 Å². The van der Waals surface area contributed by atoms with Gasteiger partial charge in [0.2, 0.25) is 0 Å². The lowest BCUT2D eigenvalue weighted by molar-refractivity contribution is -0.123. The zero-order valence-electron chi connectivity index (χ0n) is 14.9. The molecule has 2 unspecified atom stereocenters. The molecule has 0 aromatic heterocycles. The molecule has 22 heavy (non-hydrogen) atoms. The number of carbonyl (C=O) groups excluding carboxylic acids is 2. The first-order valence-electron chi connectivity index (χ1n) is 9.70. The second-order valence-corrected chi connectivity index (χ2v) is 7.15. The van der Waals surface area contributed by atoms with Crippen molar-refractivity contribution in [2.75, 3.05) is 0 Å². The molecule has 2 heteroatoms. The minimum absolute atomic E-state index is 0.411. The van der Waals surface area contributed by atoms with Gasteiger partial charge in [0.05, 0.1) is 0 Å². The predicted molar refractivity (Wildman–Crippen MR) is 93.0 cm³/mol. The van der Waals surface area contributed by atoms with Gasteiger partial charge < -0.3 is 0 Å². The second kappa shape index (κ2) is 11.8. The first-order valence-corrected chi connectivity index (χ1v) is 9.70. The van der Waals surface area contributed by atoms with E-state index in [1.54, 1.807) is 0 Å². The van der Waals surface area contributed by atoms with E-state index >= 15 is 0 Å². The van der Waals surface area contributed by atoms with Crippen molar-refractivity contribution >= 4 is 11.6 Å². The number of rotatable bonds is 2. The Balaban J connectivity index is 2.59. The molecule has 0 N–H and O–H groups in total. The van der Waals surface area contributed by atoms with Crippen molar-refractivity contribution in [3.8, 4) is 0 Å². The SMILES string of the molecule is CCC1CC(=O)CCCCCCCCCCC(=O)CC1CC. The molecule has 0 saturated heterocycles. The standard InChI is InChI=1S/C20H36O2/c1-3-17-15-19(21)13-11-9-7-5-6-8-10-12-14-20(22)16-18(17)4-2/h17-18H,3-16H2,1-2H3.